The monoisotopic (exact) mass is 387 g/mol. The lowest BCUT2D eigenvalue weighted by atomic mass is 9.95. The average Bonchev–Trinajstić information content (AvgIpc) is 3.33. The van der Waals surface area contributed by atoms with Crippen molar-refractivity contribution in [1.82, 2.24) is 9.80 Å². The van der Waals surface area contributed by atoms with E-state index in [2.05, 4.69) is 6.07 Å². The van der Waals surface area contributed by atoms with Gasteiger partial charge in [0.1, 0.15) is 0 Å². The Morgan fingerprint density at radius 3 is 2.10 bits per heavy atom. The Labute approximate surface area is 171 Å². The molecule has 1 aliphatic heterocycles. The molecule has 2 amide bonds. The van der Waals surface area contributed by atoms with E-state index in [1.807, 2.05) is 52.3 Å². The van der Waals surface area contributed by atoms with Gasteiger partial charge in [0.2, 0.25) is 5.91 Å². The van der Waals surface area contributed by atoms with Gasteiger partial charge in [0.15, 0.2) is 0 Å². The third kappa shape index (κ3) is 3.88. The second-order valence-electron chi connectivity index (χ2n) is 7.80. The lowest BCUT2D eigenvalue weighted by Gasteiger charge is -2.36. The highest BCUT2D eigenvalue weighted by molar-refractivity contribution is 6.01. The zero-order valence-electron chi connectivity index (χ0n) is 16.5. The molecule has 2 fully saturated rings. The molecule has 0 spiro atoms. The van der Waals surface area contributed by atoms with Gasteiger partial charge in [-0.25, -0.2) is 0 Å². The number of hydrogen-bond donors (Lipinski definition) is 0. The Bertz CT molecular complexity index is 949. The zero-order chi connectivity index (χ0) is 20.2. The maximum atomic E-state index is 13.3. The van der Waals surface area contributed by atoms with Crippen LogP contribution in [0, 0.1) is 17.2 Å². The van der Waals surface area contributed by atoms with E-state index in [4.69, 9.17) is 0 Å². The molecule has 5 nitrogen and oxygen atoms in total. The van der Waals surface area contributed by atoms with Crippen LogP contribution >= 0.6 is 0 Å². The van der Waals surface area contributed by atoms with Gasteiger partial charge in [-0.2, -0.15) is 5.26 Å². The second kappa shape index (κ2) is 8.48. The number of hydrogen-bond acceptors (Lipinski definition) is 3. The van der Waals surface area contributed by atoms with Crippen molar-refractivity contribution < 1.29 is 9.59 Å². The summed E-state index contributed by atoms with van der Waals surface area (Å²) in [4.78, 5) is 29.7. The SMILES string of the molecule is N#Cc1ccccc1-c1ccccc1C(=O)N1CCN(C(=O)C2CCCC2)CC1. The molecule has 2 aliphatic rings. The minimum atomic E-state index is -0.0405. The van der Waals surface area contributed by atoms with Crippen LogP contribution in [0.25, 0.3) is 11.1 Å². The summed E-state index contributed by atoms with van der Waals surface area (Å²) in [5.74, 6) is 0.403. The average molecular weight is 387 g/mol. The van der Waals surface area contributed by atoms with Crippen molar-refractivity contribution in [3.63, 3.8) is 0 Å². The van der Waals surface area contributed by atoms with Crippen molar-refractivity contribution in [2.75, 3.05) is 26.2 Å². The predicted octanol–water partition coefficient (Wildman–Crippen LogP) is 3.70. The van der Waals surface area contributed by atoms with E-state index in [0.717, 1.165) is 36.8 Å². The molecule has 0 bridgehead atoms. The maximum absolute atomic E-state index is 13.3. The number of amides is 2. The standard InChI is InChI=1S/C24H25N3O2/c25-17-19-9-3-4-10-20(19)21-11-5-6-12-22(21)24(29)27-15-13-26(14-16-27)23(28)18-7-1-2-8-18/h3-6,9-12,18H,1-2,7-8,13-16H2. The molecule has 2 aromatic carbocycles. The number of benzene rings is 2. The summed E-state index contributed by atoms with van der Waals surface area (Å²) in [6, 6.07) is 17.0. The summed E-state index contributed by atoms with van der Waals surface area (Å²) in [5, 5.41) is 9.45. The first-order valence-electron chi connectivity index (χ1n) is 10.4. The molecule has 2 aromatic rings. The Kier molecular flexibility index (Phi) is 5.62. The highest BCUT2D eigenvalue weighted by Crippen LogP contribution is 2.29. The van der Waals surface area contributed by atoms with Crippen LogP contribution in [-0.2, 0) is 4.79 Å². The summed E-state index contributed by atoms with van der Waals surface area (Å²) in [7, 11) is 0. The summed E-state index contributed by atoms with van der Waals surface area (Å²) >= 11 is 0. The van der Waals surface area contributed by atoms with E-state index in [1.165, 1.54) is 0 Å². The van der Waals surface area contributed by atoms with E-state index in [0.29, 0.717) is 37.3 Å². The van der Waals surface area contributed by atoms with Gasteiger partial charge in [0.05, 0.1) is 11.6 Å². The summed E-state index contributed by atoms with van der Waals surface area (Å²) in [6.45, 7) is 2.28. The predicted molar refractivity (Wildman–Crippen MR) is 111 cm³/mol. The molecular formula is C24H25N3O2. The summed E-state index contributed by atoms with van der Waals surface area (Å²) < 4.78 is 0. The van der Waals surface area contributed by atoms with Crippen LogP contribution in [0.1, 0.15) is 41.6 Å². The molecule has 4 rings (SSSR count). The Hall–Kier alpha value is -3.13. The Morgan fingerprint density at radius 1 is 0.828 bits per heavy atom. The van der Waals surface area contributed by atoms with Gasteiger partial charge < -0.3 is 9.80 Å². The lowest BCUT2D eigenvalue weighted by molar-refractivity contribution is -0.136. The third-order valence-corrected chi connectivity index (χ3v) is 6.08. The highest BCUT2D eigenvalue weighted by atomic mass is 16.2. The zero-order valence-corrected chi connectivity index (χ0v) is 16.5. The van der Waals surface area contributed by atoms with E-state index < -0.39 is 0 Å². The fourth-order valence-electron chi connectivity index (χ4n) is 4.45. The molecule has 1 saturated heterocycles. The van der Waals surface area contributed by atoms with Gasteiger partial charge in [0.25, 0.3) is 5.91 Å². The van der Waals surface area contributed by atoms with Crippen molar-refractivity contribution in [1.29, 1.82) is 5.26 Å². The Balaban J connectivity index is 1.50. The molecule has 5 heteroatoms. The van der Waals surface area contributed by atoms with Gasteiger partial charge >= 0.3 is 0 Å². The van der Waals surface area contributed by atoms with E-state index >= 15 is 0 Å². The van der Waals surface area contributed by atoms with Crippen molar-refractivity contribution in [3.8, 4) is 17.2 Å². The molecule has 0 atom stereocenters. The molecular weight excluding hydrogens is 362 g/mol. The minimum Gasteiger partial charge on any atom is -0.339 e. The van der Waals surface area contributed by atoms with Gasteiger partial charge in [-0.05, 0) is 30.5 Å². The van der Waals surface area contributed by atoms with Gasteiger partial charge in [-0.1, -0.05) is 49.2 Å². The Morgan fingerprint density at radius 2 is 1.41 bits per heavy atom. The first-order chi connectivity index (χ1) is 14.2. The lowest BCUT2D eigenvalue weighted by Crippen LogP contribution is -2.51. The normalized spacial score (nSPS) is 17.2. The number of piperazine rings is 1. The molecule has 1 saturated carbocycles. The van der Waals surface area contributed by atoms with Crippen LogP contribution in [0.15, 0.2) is 48.5 Å². The quantitative estimate of drug-likeness (QED) is 0.807. The maximum Gasteiger partial charge on any atom is 0.254 e. The van der Waals surface area contributed by atoms with E-state index in [-0.39, 0.29) is 17.7 Å². The molecule has 0 unspecified atom stereocenters. The van der Waals surface area contributed by atoms with Crippen LogP contribution in [0.3, 0.4) is 0 Å². The van der Waals surface area contributed by atoms with Crippen LogP contribution in [-0.4, -0.2) is 47.8 Å². The largest absolute Gasteiger partial charge is 0.339 e. The molecule has 0 radical (unpaired) electrons. The summed E-state index contributed by atoms with van der Waals surface area (Å²) in [6.07, 6.45) is 4.30. The topological polar surface area (TPSA) is 64.4 Å². The van der Waals surface area contributed by atoms with Gasteiger partial charge in [0, 0.05) is 43.2 Å². The smallest absolute Gasteiger partial charge is 0.254 e. The molecule has 1 aliphatic carbocycles. The van der Waals surface area contributed by atoms with Gasteiger partial charge in [-0.15, -0.1) is 0 Å². The number of carbonyl (C=O) groups is 2. The van der Waals surface area contributed by atoms with Crippen molar-refractivity contribution in [2.24, 2.45) is 5.92 Å². The molecule has 1 heterocycles. The van der Waals surface area contributed by atoms with Crippen LogP contribution in [0.5, 0.6) is 0 Å². The molecule has 0 aromatic heterocycles. The first kappa shape index (κ1) is 19.2. The number of nitriles is 1. The highest BCUT2D eigenvalue weighted by Gasteiger charge is 2.31. The van der Waals surface area contributed by atoms with Crippen LogP contribution < -0.4 is 0 Å². The summed E-state index contributed by atoms with van der Waals surface area (Å²) in [5.41, 5.74) is 2.71. The molecule has 29 heavy (non-hydrogen) atoms. The third-order valence-electron chi connectivity index (χ3n) is 6.08. The fourth-order valence-corrected chi connectivity index (χ4v) is 4.45. The van der Waals surface area contributed by atoms with E-state index in [9.17, 15) is 14.9 Å². The molecule has 148 valence electrons. The van der Waals surface area contributed by atoms with Gasteiger partial charge in [-0.3, -0.25) is 9.59 Å². The fraction of sp³-hybridized carbons (Fsp3) is 0.375. The van der Waals surface area contributed by atoms with Crippen molar-refractivity contribution >= 4 is 11.8 Å². The second-order valence-corrected chi connectivity index (χ2v) is 7.80. The van der Waals surface area contributed by atoms with Crippen molar-refractivity contribution in [3.05, 3.63) is 59.7 Å². The number of rotatable bonds is 3. The molecule has 0 N–H and O–H groups in total. The first-order valence-corrected chi connectivity index (χ1v) is 10.4. The number of carbonyl (C=O) groups excluding carboxylic acids is 2. The van der Waals surface area contributed by atoms with Crippen LogP contribution in [0.2, 0.25) is 0 Å². The van der Waals surface area contributed by atoms with Crippen LogP contribution in [0.4, 0.5) is 0 Å². The van der Waals surface area contributed by atoms with Crippen molar-refractivity contribution in [2.45, 2.75) is 25.7 Å². The minimum absolute atomic E-state index is 0.0405. The van der Waals surface area contributed by atoms with E-state index in [1.54, 1.807) is 6.07 Å². The number of nitrogens with zero attached hydrogens (tertiary/aromatic N) is 3.